The van der Waals surface area contributed by atoms with Gasteiger partial charge < -0.3 is 9.47 Å². The van der Waals surface area contributed by atoms with Crippen LogP contribution in [0, 0.1) is 15.5 Å². The number of nitro groups is 1. The second kappa shape index (κ2) is 7.15. The molecule has 1 aliphatic carbocycles. The van der Waals surface area contributed by atoms with Crippen LogP contribution in [-0.4, -0.2) is 63.6 Å². The lowest BCUT2D eigenvalue weighted by Crippen LogP contribution is -2.64. The molecule has 2 aliphatic rings. The Morgan fingerprint density at radius 2 is 2.00 bits per heavy atom. The lowest BCUT2D eigenvalue weighted by atomic mass is 9.60. The molecule has 3 rings (SSSR count). The van der Waals surface area contributed by atoms with Gasteiger partial charge >= 0.3 is 23.7 Å². The van der Waals surface area contributed by atoms with E-state index in [1.807, 2.05) is 13.8 Å². The molecule has 1 aliphatic heterocycles. The molecule has 1 spiro atoms. The standard InChI is InChI=1S/C17H23F3N4O5/c1-11(25)29-15(2,3)7-22-8-16(9-22)4-12(5-16)23-6-13(24(26)27)14(21-23)28-10-17(18,19)20/h6,12H,4-5,7-10H2,1-3H3. The van der Waals surface area contributed by atoms with Crippen LogP contribution in [0.5, 0.6) is 5.88 Å². The van der Waals surface area contributed by atoms with Crippen molar-refractivity contribution < 1.29 is 32.4 Å². The average Bonchev–Trinajstić information content (AvgIpc) is 2.88. The van der Waals surface area contributed by atoms with Crippen molar-refractivity contribution in [1.82, 2.24) is 14.7 Å². The van der Waals surface area contributed by atoms with Gasteiger partial charge in [-0.1, -0.05) is 0 Å². The monoisotopic (exact) mass is 420 g/mol. The maximum Gasteiger partial charge on any atom is 0.422 e. The Balaban J connectivity index is 1.55. The van der Waals surface area contributed by atoms with Gasteiger partial charge in [0.2, 0.25) is 0 Å². The molecule has 1 aromatic rings. The Hall–Kier alpha value is -2.37. The van der Waals surface area contributed by atoms with Gasteiger partial charge in [0.15, 0.2) is 6.61 Å². The van der Waals surface area contributed by atoms with Crippen molar-refractivity contribution in [3.8, 4) is 5.88 Å². The number of esters is 1. The normalized spacial score (nSPS) is 19.5. The highest BCUT2D eigenvalue weighted by molar-refractivity contribution is 5.66. The molecule has 9 nitrogen and oxygen atoms in total. The van der Waals surface area contributed by atoms with E-state index in [1.165, 1.54) is 11.6 Å². The molecule has 2 fully saturated rings. The van der Waals surface area contributed by atoms with Gasteiger partial charge in [0, 0.05) is 26.6 Å². The zero-order valence-corrected chi connectivity index (χ0v) is 16.4. The molecule has 0 N–H and O–H groups in total. The minimum absolute atomic E-state index is 0.0602. The average molecular weight is 420 g/mol. The molecule has 0 aromatic carbocycles. The molecule has 0 radical (unpaired) electrons. The highest BCUT2D eigenvalue weighted by atomic mass is 19.4. The number of halogens is 3. The van der Waals surface area contributed by atoms with Gasteiger partial charge in [0.1, 0.15) is 11.8 Å². The third-order valence-corrected chi connectivity index (χ3v) is 5.10. The molecule has 29 heavy (non-hydrogen) atoms. The molecule has 0 atom stereocenters. The summed E-state index contributed by atoms with van der Waals surface area (Å²) in [5.74, 6) is -0.954. The maximum atomic E-state index is 12.3. The number of carbonyl (C=O) groups excluding carboxylic acids is 1. The summed E-state index contributed by atoms with van der Waals surface area (Å²) in [5.41, 5.74) is -1.11. The molecule has 1 aromatic heterocycles. The Kier molecular flexibility index (Phi) is 5.26. The number of alkyl halides is 3. The SMILES string of the molecule is CC(=O)OC(C)(C)CN1CC2(CC(n3cc([N+](=O)[O-])c(OCC(F)(F)F)n3)C2)C1. The lowest BCUT2D eigenvalue weighted by molar-refractivity contribution is -0.386. The predicted molar refractivity (Wildman–Crippen MR) is 93.4 cm³/mol. The minimum atomic E-state index is -4.60. The molecule has 12 heteroatoms. The summed E-state index contributed by atoms with van der Waals surface area (Å²) in [6, 6.07) is -0.124. The number of aromatic nitrogens is 2. The van der Waals surface area contributed by atoms with E-state index >= 15 is 0 Å². The molecule has 0 unspecified atom stereocenters. The van der Waals surface area contributed by atoms with Crippen molar-refractivity contribution in [3.05, 3.63) is 16.3 Å². The number of nitrogens with zero attached hydrogens (tertiary/aromatic N) is 4. The van der Waals surface area contributed by atoms with Crippen molar-refractivity contribution >= 4 is 11.7 Å². The topological polar surface area (TPSA) is 99.7 Å². The van der Waals surface area contributed by atoms with Crippen molar-refractivity contribution in [2.45, 2.75) is 51.4 Å². The van der Waals surface area contributed by atoms with E-state index in [0.717, 1.165) is 32.1 Å². The van der Waals surface area contributed by atoms with E-state index in [1.54, 1.807) is 0 Å². The number of likely N-dealkylation sites (tertiary alicyclic amines) is 1. The van der Waals surface area contributed by atoms with E-state index in [9.17, 15) is 28.1 Å². The largest absolute Gasteiger partial charge is 0.462 e. The molecule has 0 amide bonds. The lowest BCUT2D eigenvalue weighted by Gasteiger charge is -2.59. The first kappa shape index (κ1) is 21.3. The van der Waals surface area contributed by atoms with Crippen molar-refractivity contribution in [2.24, 2.45) is 5.41 Å². The molecule has 0 bridgehead atoms. The fourth-order valence-corrected chi connectivity index (χ4v) is 4.29. The molecule has 162 valence electrons. The second-order valence-electron chi connectivity index (χ2n) is 8.52. The van der Waals surface area contributed by atoms with Gasteiger partial charge in [-0.3, -0.25) is 24.5 Å². The first-order valence-corrected chi connectivity index (χ1v) is 9.13. The van der Waals surface area contributed by atoms with Crippen molar-refractivity contribution in [1.29, 1.82) is 0 Å². The van der Waals surface area contributed by atoms with Gasteiger partial charge in [-0.05, 0) is 32.1 Å². The maximum absolute atomic E-state index is 12.3. The van der Waals surface area contributed by atoms with Gasteiger partial charge in [0.05, 0.1) is 11.0 Å². The van der Waals surface area contributed by atoms with Gasteiger partial charge in [-0.15, -0.1) is 5.10 Å². The second-order valence-corrected chi connectivity index (χ2v) is 8.52. The van der Waals surface area contributed by atoms with E-state index < -0.39 is 34.9 Å². The summed E-state index contributed by atoms with van der Waals surface area (Å²) < 4.78 is 48.1. The van der Waals surface area contributed by atoms with Crippen molar-refractivity contribution in [3.63, 3.8) is 0 Å². The summed E-state index contributed by atoms with van der Waals surface area (Å²) in [5, 5.41) is 15.0. The molecule has 1 saturated carbocycles. The van der Waals surface area contributed by atoms with Crippen LogP contribution in [0.4, 0.5) is 18.9 Å². The van der Waals surface area contributed by atoms with Crippen molar-refractivity contribution in [2.75, 3.05) is 26.2 Å². The summed E-state index contributed by atoms with van der Waals surface area (Å²) in [4.78, 5) is 23.6. The van der Waals surface area contributed by atoms with Crippen LogP contribution < -0.4 is 4.74 Å². The van der Waals surface area contributed by atoms with E-state index in [2.05, 4.69) is 14.7 Å². The highest BCUT2D eigenvalue weighted by Crippen LogP contribution is 2.54. The highest BCUT2D eigenvalue weighted by Gasteiger charge is 2.54. The fourth-order valence-electron chi connectivity index (χ4n) is 4.29. The quantitative estimate of drug-likeness (QED) is 0.380. The third-order valence-electron chi connectivity index (χ3n) is 5.10. The molecular weight excluding hydrogens is 397 g/mol. The predicted octanol–water partition coefficient (Wildman–Crippen LogP) is 2.71. The molecule has 1 saturated heterocycles. The summed E-state index contributed by atoms with van der Waals surface area (Å²) in [7, 11) is 0. The smallest absolute Gasteiger partial charge is 0.422 e. The van der Waals surface area contributed by atoms with Crippen LogP contribution in [0.25, 0.3) is 0 Å². The number of hydrogen-bond donors (Lipinski definition) is 0. The first-order valence-electron chi connectivity index (χ1n) is 9.13. The number of rotatable bonds is 7. The van der Waals surface area contributed by atoms with E-state index in [-0.39, 0.29) is 17.4 Å². The van der Waals surface area contributed by atoms with Gasteiger partial charge in [0.25, 0.3) is 0 Å². The van der Waals surface area contributed by atoms with Crippen LogP contribution in [-0.2, 0) is 9.53 Å². The Morgan fingerprint density at radius 3 is 2.52 bits per heavy atom. The number of carbonyl (C=O) groups is 1. The zero-order chi connectivity index (χ0) is 21.6. The van der Waals surface area contributed by atoms with E-state index in [4.69, 9.17) is 4.74 Å². The summed E-state index contributed by atoms with van der Waals surface area (Å²) >= 11 is 0. The first-order chi connectivity index (χ1) is 13.3. The van der Waals surface area contributed by atoms with Crippen LogP contribution in [0.2, 0.25) is 0 Å². The Morgan fingerprint density at radius 1 is 1.38 bits per heavy atom. The van der Waals surface area contributed by atoms with Gasteiger partial charge in [-0.2, -0.15) is 13.2 Å². The van der Waals surface area contributed by atoms with Gasteiger partial charge in [-0.25, -0.2) is 0 Å². The van der Waals surface area contributed by atoms with Crippen LogP contribution in [0.1, 0.15) is 39.7 Å². The fraction of sp³-hybridized carbons (Fsp3) is 0.765. The summed E-state index contributed by atoms with van der Waals surface area (Å²) in [6.45, 7) is 5.62. The minimum Gasteiger partial charge on any atom is -0.462 e. The molecule has 2 heterocycles. The molecular formula is C17H23F3N4O5. The number of hydrogen-bond acceptors (Lipinski definition) is 7. The number of ether oxygens (including phenoxy) is 2. The Labute approximate surface area is 164 Å². The summed E-state index contributed by atoms with van der Waals surface area (Å²) in [6.07, 6.45) is -2.04. The third kappa shape index (κ3) is 4.98. The van der Waals surface area contributed by atoms with Crippen LogP contribution in [0.15, 0.2) is 6.20 Å². The Bertz CT molecular complexity index is 793. The zero-order valence-electron chi connectivity index (χ0n) is 16.4. The van der Waals surface area contributed by atoms with E-state index in [0.29, 0.717) is 6.54 Å². The van der Waals surface area contributed by atoms with Crippen LogP contribution >= 0.6 is 0 Å². The van der Waals surface area contributed by atoms with Crippen LogP contribution in [0.3, 0.4) is 0 Å².